The first-order chi connectivity index (χ1) is 8.60. The van der Waals surface area contributed by atoms with Gasteiger partial charge in [-0.3, -0.25) is 4.98 Å². The summed E-state index contributed by atoms with van der Waals surface area (Å²) in [7, 11) is 0. The second-order valence-electron chi connectivity index (χ2n) is 5.49. The average Bonchev–Trinajstić information content (AvgIpc) is 2.34. The standard InChI is InChI=1S/C17H27N/c1-6-8-17-14(5)16(11-12-18-17)15(7-2)10-9-13(3)4/h6,8,11-13,15H,7,9-10H2,1-5H3/b8-6-. The lowest BCUT2D eigenvalue weighted by Gasteiger charge is -2.19. The van der Waals surface area contributed by atoms with Crippen LogP contribution in [0.1, 0.15) is 69.7 Å². The predicted molar refractivity (Wildman–Crippen MR) is 80.8 cm³/mol. The molecule has 0 aromatic carbocycles. The predicted octanol–water partition coefficient (Wildman–Crippen LogP) is 5.35. The van der Waals surface area contributed by atoms with Crippen molar-refractivity contribution in [2.75, 3.05) is 0 Å². The highest BCUT2D eigenvalue weighted by molar-refractivity contribution is 5.51. The van der Waals surface area contributed by atoms with E-state index in [-0.39, 0.29) is 0 Å². The van der Waals surface area contributed by atoms with Gasteiger partial charge < -0.3 is 0 Å². The molecule has 0 aliphatic carbocycles. The Hall–Kier alpha value is -1.11. The fourth-order valence-corrected chi connectivity index (χ4v) is 2.45. The van der Waals surface area contributed by atoms with Gasteiger partial charge in [0, 0.05) is 6.20 Å². The van der Waals surface area contributed by atoms with E-state index in [9.17, 15) is 0 Å². The second kappa shape index (κ2) is 7.35. The maximum atomic E-state index is 4.45. The van der Waals surface area contributed by atoms with Gasteiger partial charge in [-0.15, -0.1) is 0 Å². The van der Waals surface area contributed by atoms with Gasteiger partial charge in [-0.25, -0.2) is 0 Å². The van der Waals surface area contributed by atoms with E-state index in [4.69, 9.17) is 0 Å². The summed E-state index contributed by atoms with van der Waals surface area (Å²) in [6, 6.07) is 2.21. The third-order valence-corrected chi connectivity index (χ3v) is 3.63. The summed E-state index contributed by atoms with van der Waals surface area (Å²) in [4.78, 5) is 4.45. The molecule has 0 amide bonds. The molecule has 18 heavy (non-hydrogen) atoms. The minimum atomic E-state index is 0.680. The van der Waals surface area contributed by atoms with Crippen LogP contribution in [0.5, 0.6) is 0 Å². The first kappa shape index (κ1) is 14.9. The van der Waals surface area contributed by atoms with Gasteiger partial charge in [0.1, 0.15) is 0 Å². The van der Waals surface area contributed by atoms with Crippen molar-refractivity contribution >= 4 is 6.08 Å². The minimum absolute atomic E-state index is 0.680. The van der Waals surface area contributed by atoms with Crippen LogP contribution < -0.4 is 0 Å². The molecule has 0 radical (unpaired) electrons. The lowest BCUT2D eigenvalue weighted by Crippen LogP contribution is -2.04. The van der Waals surface area contributed by atoms with Crippen molar-refractivity contribution in [1.82, 2.24) is 4.98 Å². The maximum absolute atomic E-state index is 4.45. The van der Waals surface area contributed by atoms with Crippen molar-refractivity contribution in [3.63, 3.8) is 0 Å². The number of aromatic nitrogens is 1. The molecule has 1 unspecified atom stereocenters. The maximum Gasteiger partial charge on any atom is 0.0658 e. The fourth-order valence-electron chi connectivity index (χ4n) is 2.45. The molecule has 1 aromatic rings. The highest BCUT2D eigenvalue weighted by atomic mass is 14.7. The largest absolute Gasteiger partial charge is 0.257 e. The van der Waals surface area contributed by atoms with Crippen LogP contribution in [0.2, 0.25) is 0 Å². The van der Waals surface area contributed by atoms with Crippen LogP contribution in [-0.4, -0.2) is 4.98 Å². The quantitative estimate of drug-likeness (QED) is 0.658. The molecule has 0 aliphatic rings. The molecule has 1 aromatic heterocycles. The van der Waals surface area contributed by atoms with Crippen LogP contribution in [0.15, 0.2) is 18.3 Å². The molecule has 0 aliphatic heterocycles. The summed E-state index contributed by atoms with van der Waals surface area (Å²) in [6.45, 7) is 11.1. The molecule has 1 heteroatoms. The van der Waals surface area contributed by atoms with Gasteiger partial charge in [-0.1, -0.05) is 33.3 Å². The molecule has 1 heterocycles. The molecule has 0 spiro atoms. The number of rotatable bonds is 6. The summed E-state index contributed by atoms with van der Waals surface area (Å²) in [5.41, 5.74) is 3.96. The highest BCUT2D eigenvalue weighted by Crippen LogP contribution is 2.29. The Morgan fingerprint density at radius 3 is 2.56 bits per heavy atom. The molecule has 0 bridgehead atoms. The van der Waals surface area contributed by atoms with E-state index >= 15 is 0 Å². The van der Waals surface area contributed by atoms with Gasteiger partial charge in [0.15, 0.2) is 0 Å². The summed E-state index contributed by atoms with van der Waals surface area (Å²) >= 11 is 0. The zero-order valence-electron chi connectivity index (χ0n) is 12.5. The van der Waals surface area contributed by atoms with Gasteiger partial charge in [-0.05, 0) is 61.8 Å². The normalized spacial score (nSPS) is 13.4. The lowest BCUT2D eigenvalue weighted by atomic mass is 9.87. The second-order valence-corrected chi connectivity index (χ2v) is 5.49. The van der Waals surface area contributed by atoms with E-state index in [1.165, 1.54) is 30.4 Å². The van der Waals surface area contributed by atoms with Gasteiger partial charge in [0.2, 0.25) is 0 Å². The van der Waals surface area contributed by atoms with E-state index in [1.54, 1.807) is 0 Å². The van der Waals surface area contributed by atoms with Crippen LogP contribution in [0.25, 0.3) is 6.08 Å². The molecule has 0 fully saturated rings. The summed E-state index contributed by atoms with van der Waals surface area (Å²) in [5, 5.41) is 0. The Morgan fingerprint density at radius 1 is 1.28 bits per heavy atom. The number of pyridine rings is 1. The third kappa shape index (κ3) is 3.97. The number of nitrogens with zero attached hydrogens (tertiary/aromatic N) is 1. The first-order valence-electron chi connectivity index (χ1n) is 7.18. The molecule has 1 nitrogen and oxygen atoms in total. The fraction of sp³-hybridized carbons (Fsp3) is 0.588. The van der Waals surface area contributed by atoms with E-state index in [2.05, 4.69) is 50.9 Å². The monoisotopic (exact) mass is 245 g/mol. The van der Waals surface area contributed by atoms with Crippen molar-refractivity contribution in [2.45, 2.75) is 59.8 Å². The molecular formula is C17H27N. The van der Waals surface area contributed by atoms with Gasteiger partial charge in [0.25, 0.3) is 0 Å². The van der Waals surface area contributed by atoms with Crippen molar-refractivity contribution in [2.24, 2.45) is 5.92 Å². The Kier molecular flexibility index (Phi) is 6.11. The van der Waals surface area contributed by atoms with Crippen molar-refractivity contribution in [3.05, 3.63) is 35.2 Å². The van der Waals surface area contributed by atoms with E-state index < -0.39 is 0 Å². The SMILES string of the molecule is C/C=C\c1nccc(C(CC)CCC(C)C)c1C. The summed E-state index contributed by atoms with van der Waals surface area (Å²) in [6.07, 6.45) is 9.93. The Balaban J connectivity index is 2.95. The van der Waals surface area contributed by atoms with Gasteiger partial charge in [0.05, 0.1) is 5.69 Å². The highest BCUT2D eigenvalue weighted by Gasteiger charge is 2.14. The van der Waals surface area contributed by atoms with E-state index in [1.807, 2.05) is 13.1 Å². The van der Waals surface area contributed by atoms with Gasteiger partial charge in [-0.2, -0.15) is 0 Å². The third-order valence-electron chi connectivity index (χ3n) is 3.63. The Labute approximate surface area is 112 Å². The Bertz CT molecular complexity index is 391. The van der Waals surface area contributed by atoms with E-state index in [0.717, 1.165) is 11.6 Å². The molecular weight excluding hydrogens is 218 g/mol. The van der Waals surface area contributed by atoms with Crippen LogP contribution >= 0.6 is 0 Å². The van der Waals surface area contributed by atoms with Crippen LogP contribution in [0.4, 0.5) is 0 Å². The Morgan fingerprint density at radius 2 is 2.00 bits per heavy atom. The van der Waals surface area contributed by atoms with Crippen LogP contribution in [0, 0.1) is 12.8 Å². The lowest BCUT2D eigenvalue weighted by molar-refractivity contribution is 0.490. The average molecular weight is 245 g/mol. The molecule has 0 saturated carbocycles. The smallest absolute Gasteiger partial charge is 0.0658 e. The summed E-state index contributed by atoms with van der Waals surface area (Å²) < 4.78 is 0. The minimum Gasteiger partial charge on any atom is -0.257 e. The van der Waals surface area contributed by atoms with Crippen molar-refractivity contribution in [3.8, 4) is 0 Å². The summed E-state index contributed by atoms with van der Waals surface area (Å²) in [5.74, 6) is 1.47. The van der Waals surface area contributed by atoms with Crippen LogP contribution in [-0.2, 0) is 0 Å². The van der Waals surface area contributed by atoms with Crippen molar-refractivity contribution in [1.29, 1.82) is 0 Å². The number of allylic oxidation sites excluding steroid dienone is 1. The van der Waals surface area contributed by atoms with Crippen LogP contribution in [0.3, 0.4) is 0 Å². The topological polar surface area (TPSA) is 12.9 Å². The van der Waals surface area contributed by atoms with E-state index in [0.29, 0.717) is 5.92 Å². The number of hydrogen-bond acceptors (Lipinski definition) is 1. The molecule has 1 atom stereocenters. The zero-order valence-corrected chi connectivity index (χ0v) is 12.5. The first-order valence-corrected chi connectivity index (χ1v) is 7.18. The zero-order chi connectivity index (χ0) is 13.5. The molecule has 0 saturated heterocycles. The number of hydrogen-bond donors (Lipinski definition) is 0. The molecule has 0 N–H and O–H groups in total. The molecule has 1 rings (SSSR count). The van der Waals surface area contributed by atoms with Gasteiger partial charge >= 0.3 is 0 Å². The molecule has 100 valence electrons. The van der Waals surface area contributed by atoms with Crippen molar-refractivity contribution < 1.29 is 0 Å².